The third kappa shape index (κ3) is 1.61. The molecule has 0 aliphatic carbocycles. The van der Waals surface area contributed by atoms with E-state index in [2.05, 4.69) is 4.98 Å². The Morgan fingerprint density at radius 1 is 1.62 bits per heavy atom. The Morgan fingerprint density at radius 2 is 2.38 bits per heavy atom. The van der Waals surface area contributed by atoms with Gasteiger partial charge >= 0.3 is 0 Å². The fourth-order valence-electron chi connectivity index (χ4n) is 2.46. The number of carbonyl (C=O) groups excluding carboxylic acids is 1. The molecule has 2 N–H and O–H groups in total. The maximum absolute atomic E-state index is 11.8. The van der Waals surface area contributed by atoms with Gasteiger partial charge in [-0.25, -0.2) is 4.98 Å². The Hall–Kier alpha value is -1.36. The second-order valence-corrected chi connectivity index (χ2v) is 4.22. The predicted octanol–water partition coefficient (Wildman–Crippen LogP) is 0.288. The Labute approximate surface area is 95.2 Å². The molecule has 88 valence electrons. The molecule has 1 aliphatic rings. The van der Waals surface area contributed by atoms with Gasteiger partial charge in [0.25, 0.3) is 0 Å². The molecular formula is C11H18N4O. The molecule has 0 bridgehead atoms. The van der Waals surface area contributed by atoms with Crippen LogP contribution >= 0.6 is 0 Å². The fourth-order valence-corrected chi connectivity index (χ4v) is 2.46. The standard InChI is InChI=1S/C11H18N4O/c1-3-15-9(16)6-8(7-12)10(15)11-13-4-5-14(11)2/h4-5,8,10H,3,6-7,12H2,1-2H3. The van der Waals surface area contributed by atoms with Crippen LogP contribution in [0.5, 0.6) is 0 Å². The summed E-state index contributed by atoms with van der Waals surface area (Å²) < 4.78 is 1.97. The lowest BCUT2D eigenvalue weighted by molar-refractivity contribution is -0.128. The van der Waals surface area contributed by atoms with Gasteiger partial charge in [-0.05, 0) is 13.5 Å². The Kier molecular flexibility index (Phi) is 2.96. The number of nitrogens with two attached hydrogens (primary N) is 1. The molecule has 1 aromatic rings. The highest BCUT2D eigenvalue weighted by Crippen LogP contribution is 2.36. The third-order valence-corrected chi connectivity index (χ3v) is 3.31. The van der Waals surface area contributed by atoms with Crippen LogP contribution in [0.4, 0.5) is 0 Å². The summed E-state index contributed by atoms with van der Waals surface area (Å²) in [5.74, 6) is 1.31. The topological polar surface area (TPSA) is 64.2 Å². The van der Waals surface area contributed by atoms with E-state index in [0.717, 1.165) is 5.82 Å². The average molecular weight is 222 g/mol. The summed E-state index contributed by atoms with van der Waals surface area (Å²) in [6, 6.07) is 0.0440. The van der Waals surface area contributed by atoms with Crippen LogP contribution in [0.25, 0.3) is 0 Å². The molecule has 2 heterocycles. The third-order valence-electron chi connectivity index (χ3n) is 3.31. The van der Waals surface area contributed by atoms with Crippen LogP contribution in [0.3, 0.4) is 0 Å². The predicted molar refractivity (Wildman–Crippen MR) is 60.5 cm³/mol. The van der Waals surface area contributed by atoms with Crippen LogP contribution in [0, 0.1) is 5.92 Å². The summed E-state index contributed by atoms with van der Waals surface area (Å²) in [6.45, 7) is 3.24. The number of likely N-dealkylation sites (tertiary alicyclic amines) is 1. The van der Waals surface area contributed by atoms with Gasteiger partial charge in [-0.1, -0.05) is 0 Å². The van der Waals surface area contributed by atoms with Crippen molar-refractivity contribution in [2.75, 3.05) is 13.1 Å². The Balaban J connectivity index is 2.35. The second-order valence-electron chi connectivity index (χ2n) is 4.22. The monoisotopic (exact) mass is 222 g/mol. The van der Waals surface area contributed by atoms with Crippen molar-refractivity contribution in [3.8, 4) is 0 Å². The molecule has 2 unspecified atom stereocenters. The van der Waals surface area contributed by atoms with Gasteiger partial charge in [-0.3, -0.25) is 4.79 Å². The number of carbonyl (C=O) groups is 1. The van der Waals surface area contributed by atoms with Gasteiger partial charge in [0.05, 0.1) is 6.04 Å². The molecule has 1 aromatic heterocycles. The quantitative estimate of drug-likeness (QED) is 0.799. The van der Waals surface area contributed by atoms with Gasteiger partial charge in [0, 0.05) is 38.3 Å². The Bertz CT molecular complexity index is 387. The van der Waals surface area contributed by atoms with E-state index in [1.54, 1.807) is 6.20 Å². The number of aromatic nitrogens is 2. The summed E-state index contributed by atoms with van der Waals surface area (Å²) in [6.07, 6.45) is 4.21. The van der Waals surface area contributed by atoms with E-state index >= 15 is 0 Å². The van der Waals surface area contributed by atoms with Gasteiger partial charge < -0.3 is 15.2 Å². The van der Waals surface area contributed by atoms with E-state index in [1.807, 2.05) is 29.6 Å². The maximum Gasteiger partial charge on any atom is 0.223 e. The number of nitrogens with zero attached hydrogens (tertiary/aromatic N) is 3. The summed E-state index contributed by atoms with van der Waals surface area (Å²) in [4.78, 5) is 18.0. The molecule has 2 atom stereocenters. The summed E-state index contributed by atoms with van der Waals surface area (Å²) in [5, 5.41) is 0. The number of rotatable bonds is 3. The van der Waals surface area contributed by atoms with Gasteiger partial charge in [-0.15, -0.1) is 0 Å². The van der Waals surface area contributed by atoms with Crippen LogP contribution in [0.1, 0.15) is 25.2 Å². The van der Waals surface area contributed by atoms with E-state index in [9.17, 15) is 4.79 Å². The second kappa shape index (κ2) is 4.25. The van der Waals surface area contributed by atoms with Gasteiger partial charge in [0.1, 0.15) is 5.82 Å². The number of aryl methyl sites for hydroxylation is 1. The molecule has 0 radical (unpaired) electrons. The smallest absolute Gasteiger partial charge is 0.223 e. The minimum Gasteiger partial charge on any atom is -0.336 e. The first kappa shape index (κ1) is 11.1. The number of imidazole rings is 1. The highest BCUT2D eigenvalue weighted by atomic mass is 16.2. The van der Waals surface area contributed by atoms with E-state index < -0.39 is 0 Å². The van der Waals surface area contributed by atoms with Crippen LogP contribution in [-0.2, 0) is 11.8 Å². The highest BCUT2D eigenvalue weighted by Gasteiger charge is 2.40. The normalized spacial score (nSPS) is 25.4. The molecule has 2 rings (SSSR count). The average Bonchev–Trinajstić information content (AvgIpc) is 2.81. The molecule has 0 saturated carbocycles. The van der Waals surface area contributed by atoms with E-state index in [0.29, 0.717) is 19.5 Å². The lowest BCUT2D eigenvalue weighted by Gasteiger charge is -2.26. The molecule has 1 saturated heterocycles. The lowest BCUT2D eigenvalue weighted by atomic mass is 10.00. The lowest BCUT2D eigenvalue weighted by Crippen LogP contribution is -2.32. The van der Waals surface area contributed by atoms with Crippen LogP contribution in [0.2, 0.25) is 0 Å². The summed E-state index contributed by atoms with van der Waals surface area (Å²) in [7, 11) is 1.95. The number of hydrogen-bond donors (Lipinski definition) is 1. The number of hydrogen-bond acceptors (Lipinski definition) is 3. The van der Waals surface area contributed by atoms with Gasteiger partial charge in [-0.2, -0.15) is 0 Å². The first-order chi connectivity index (χ1) is 7.69. The zero-order valence-corrected chi connectivity index (χ0v) is 9.76. The van der Waals surface area contributed by atoms with E-state index in [4.69, 9.17) is 5.73 Å². The zero-order valence-electron chi connectivity index (χ0n) is 9.76. The fraction of sp³-hybridized carbons (Fsp3) is 0.636. The molecular weight excluding hydrogens is 204 g/mol. The van der Waals surface area contributed by atoms with Crippen molar-refractivity contribution in [1.29, 1.82) is 0 Å². The molecule has 0 spiro atoms. The summed E-state index contributed by atoms with van der Waals surface area (Å²) in [5.41, 5.74) is 5.74. The highest BCUT2D eigenvalue weighted by molar-refractivity contribution is 5.79. The van der Waals surface area contributed by atoms with E-state index in [1.165, 1.54) is 0 Å². The molecule has 5 heteroatoms. The molecule has 16 heavy (non-hydrogen) atoms. The Morgan fingerprint density at radius 3 is 2.88 bits per heavy atom. The van der Waals surface area contributed by atoms with Crippen molar-refractivity contribution in [2.45, 2.75) is 19.4 Å². The van der Waals surface area contributed by atoms with Gasteiger partial charge in [0.15, 0.2) is 0 Å². The minimum absolute atomic E-state index is 0.0440. The number of amides is 1. The first-order valence-electron chi connectivity index (χ1n) is 5.65. The first-order valence-corrected chi connectivity index (χ1v) is 5.65. The van der Waals surface area contributed by atoms with Crippen molar-refractivity contribution >= 4 is 5.91 Å². The van der Waals surface area contributed by atoms with Crippen molar-refractivity contribution < 1.29 is 4.79 Å². The molecule has 1 amide bonds. The molecule has 0 aromatic carbocycles. The van der Waals surface area contributed by atoms with Crippen molar-refractivity contribution in [3.05, 3.63) is 18.2 Å². The SMILES string of the molecule is CCN1C(=O)CC(CN)C1c1nccn1C. The van der Waals surface area contributed by atoms with Crippen molar-refractivity contribution in [2.24, 2.45) is 18.7 Å². The largest absolute Gasteiger partial charge is 0.336 e. The van der Waals surface area contributed by atoms with Crippen LogP contribution < -0.4 is 5.73 Å². The van der Waals surface area contributed by atoms with E-state index in [-0.39, 0.29) is 17.9 Å². The maximum atomic E-state index is 11.8. The van der Waals surface area contributed by atoms with Crippen molar-refractivity contribution in [3.63, 3.8) is 0 Å². The molecule has 1 fully saturated rings. The van der Waals surface area contributed by atoms with Crippen LogP contribution in [0.15, 0.2) is 12.4 Å². The molecule has 1 aliphatic heterocycles. The molecule has 5 nitrogen and oxygen atoms in total. The zero-order chi connectivity index (χ0) is 11.7. The summed E-state index contributed by atoms with van der Waals surface area (Å²) >= 11 is 0. The van der Waals surface area contributed by atoms with Crippen molar-refractivity contribution in [1.82, 2.24) is 14.5 Å². The van der Waals surface area contributed by atoms with Gasteiger partial charge in [0.2, 0.25) is 5.91 Å². The van der Waals surface area contributed by atoms with Crippen LogP contribution in [-0.4, -0.2) is 33.4 Å². The minimum atomic E-state index is 0.0440.